The number of nitrogens with one attached hydrogen (secondary N) is 2. The van der Waals surface area contributed by atoms with Gasteiger partial charge < -0.3 is 15.4 Å². The summed E-state index contributed by atoms with van der Waals surface area (Å²) in [5.41, 5.74) is 2.17. The van der Waals surface area contributed by atoms with Gasteiger partial charge in [0.1, 0.15) is 17.6 Å². The van der Waals surface area contributed by atoms with E-state index in [1.165, 1.54) is 24.3 Å². The molecule has 0 bridgehead atoms. The molecule has 4 rings (SSSR count). The van der Waals surface area contributed by atoms with Gasteiger partial charge in [0.2, 0.25) is 11.8 Å². The highest BCUT2D eigenvalue weighted by Gasteiger charge is 2.22. The van der Waals surface area contributed by atoms with Crippen LogP contribution >= 0.6 is 0 Å². The Labute approximate surface area is 202 Å². The summed E-state index contributed by atoms with van der Waals surface area (Å²) >= 11 is 0. The monoisotopic (exact) mass is 469 g/mol. The van der Waals surface area contributed by atoms with Gasteiger partial charge in [0.05, 0.1) is 0 Å². The molecule has 3 aromatic carbocycles. The molecule has 176 valence electrons. The van der Waals surface area contributed by atoms with Gasteiger partial charge in [0.15, 0.2) is 0 Å². The van der Waals surface area contributed by atoms with Crippen LogP contribution < -0.4 is 15.4 Å². The van der Waals surface area contributed by atoms with Crippen molar-refractivity contribution >= 4 is 11.8 Å². The molecule has 0 spiro atoms. The highest BCUT2D eigenvalue weighted by molar-refractivity contribution is 5.97. The molecule has 0 saturated carbocycles. The van der Waals surface area contributed by atoms with Gasteiger partial charge in [-0.1, -0.05) is 48.5 Å². The Kier molecular flexibility index (Phi) is 7.81. The van der Waals surface area contributed by atoms with Crippen LogP contribution in [0.3, 0.4) is 0 Å². The Bertz CT molecular complexity index is 1270. The standard InChI is InChI=1S/C28H24FN3O3/c29-23-11-13-24(14-12-23)35-26-18-21(15-16-30-26)19-31-28(34)25(17-20-7-3-1-4-8-20)32-27(33)22-9-5-2-6-10-22/h1-16,18,25H,17,19H2,(H,31,34)(H,32,33). The minimum absolute atomic E-state index is 0.216. The number of benzene rings is 3. The molecule has 7 heteroatoms. The molecule has 0 aliphatic carbocycles. The molecule has 6 nitrogen and oxygen atoms in total. The summed E-state index contributed by atoms with van der Waals surface area (Å²) in [6, 6.07) is 26.6. The molecule has 0 fully saturated rings. The predicted octanol–water partition coefficient (Wildman–Crippen LogP) is 4.67. The lowest BCUT2D eigenvalue weighted by atomic mass is 10.0. The molecule has 35 heavy (non-hydrogen) atoms. The molecule has 0 radical (unpaired) electrons. The van der Waals surface area contributed by atoms with Crippen LogP contribution in [-0.4, -0.2) is 22.8 Å². The number of carbonyl (C=O) groups excluding carboxylic acids is 2. The van der Waals surface area contributed by atoms with Crippen molar-refractivity contribution in [3.63, 3.8) is 0 Å². The molecule has 2 N–H and O–H groups in total. The average molecular weight is 470 g/mol. The number of nitrogens with zero attached hydrogens (tertiary/aromatic N) is 1. The summed E-state index contributed by atoms with van der Waals surface area (Å²) in [7, 11) is 0. The van der Waals surface area contributed by atoms with E-state index < -0.39 is 6.04 Å². The van der Waals surface area contributed by atoms with Crippen LogP contribution in [0.5, 0.6) is 11.6 Å². The summed E-state index contributed by atoms with van der Waals surface area (Å²) in [6.07, 6.45) is 1.92. The summed E-state index contributed by atoms with van der Waals surface area (Å²) in [6.45, 7) is 0.216. The Morgan fingerprint density at radius 1 is 0.857 bits per heavy atom. The van der Waals surface area contributed by atoms with Crippen LogP contribution in [0.4, 0.5) is 4.39 Å². The molecule has 0 aliphatic rings. The lowest BCUT2D eigenvalue weighted by Crippen LogP contribution is -2.47. The second-order valence-corrected chi connectivity index (χ2v) is 7.86. The van der Waals surface area contributed by atoms with E-state index in [4.69, 9.17) is 4.74 Å². The SMILES string of the molecule is O=C(NC(Cc1ccccc1)C(=O)NCc1ccnc(Oc2ccc(F)cc2)c1)c1ccccc1. The Hall–Kier alpha value is -4.52. The first-order chi connectivity index (χ1) is 17.1. The second-order valence-electron chi connectivity index (χ2n) is 7.86. The second kappa shape index (κ2) is 11.6. The zero-order valence-corrected chi connectivity index (χ0v) is 18.9. The minimum atomic E-state index is -0.762. The Morgan fingerprint density at radius 3 is 2.26 bits per heavy atom. The van der Waals surface area contributed by atoms with E-state index in [1.54, 1.807) is 42.6 Å². The van der Waals surface area contributed by atoms with E-state index in [0.29, 0.717) is 23.6 Å². The Morgan fingerprint density at radius 2 is 1.54 bits per heavy atom. The van der Waals surface area contributed by atoms with Gasteiger partial charge in [-0.3, -0.25) is 9.59 Å². The summed E-state index contributed by atoms with van der Waals surface area (Å²) in [5, 5.41) is 5.74. The number of hydrogen-bond donors (Lipinski definition) is 2. The number of amides is 2. The van der Waals surface area contributed by atoms with Crippen molar-refractivity contribution in [1.82, 2.24) is 15.6 Å². The third-order valence-corrected chi connectivity index (χ3v) is 5.24. The number of aromatic nitrogens is 1. The fourth-order valence-corrected chi connectivity index (χ4v) is 3.44. The van der Waals surface area contributed by atoms with Crippen molar-refractivity contribution in [3.8, 4) is 11.6 Å². The van der Waals surface area contributed by atoms with E-state index in [1.807, 2.05) is 36.4 Å². The first-order valence-electron chi connectivity index (χ1n) is 11.1. The zero-order chi connectivity index (χ0) is 24.5. The van der Waals surface area contributed by atoms with Crippen molar-refractivity contribution in [3.05, 3.63) is 126 Å². The van der Waals surface area contributed by atoms with E-state index in [-0.39, 0.29) is 24.2 Å². The van der Waals surface area contributed by atoms with Gasteiger partial charge in [-0.25, -0.2) is 9.37 Å². The molecule has 1 heterocycles. The van der Waals surface area contributed by atoms with Crippen molar-refractivity contribution in [1.29, 1.82) is 0 Å². The minimum Gasteiger partial charge on any atom is -0.439 e. The van der Waals surface area contributed by atoms with Crippen LogP contribution in [0.2, 0.25) is 0 Å². The van der Waals surface area contributed by atoms with Gasteiger partial charge in [-0.05, 0) is 53.6 Å². The lowest BCUT2D eigenvalue weighted by Gasteiger charge is -2.19. The van der Waals surface area contributed by atoms with Crippen molar-refractivity contribution in [2.24, 2.45) is 0 Å². The van der Waals surface area contributed by atoms with Gasteiger partial charge in [-0.15, -0.1) is 0 Å². The molecule has 2 amide bonds. The van der Waals surface area contributed by atoms with Gasteiger partial charge in [0.25, 0.3) is 5.91 Å². The number of rotatable bonds is 9. The first-order valence-corrected chi connectivity index (χ1v) is 11.1. The van der Waals surface area contributed by atoms with Gasteiger partial charge in [0, 0.05) is 30.8 Å². The fourth-order valence-electron chi connectivity index (χ4n) is 3.44. The first kappa shape index (κ1) is 23.6. The van der Waals surface area contributed by atoms with E-state index in [9.17, 15) is 14.0 Å². The fraction of sp³-hybridized carbons (Fsp3) is 0.107. The largest absolute Gasteiger partial charge is 0.439 e. The van der Waals surface area contributed by atoms with Crippen LogP contribution in [0.1, 0.15) is 21.5 Å². The average Bonchev–Trinajstić information content (AvgIpc) is 2.89. The smallest absolute Gasteiger partial charge is 0.251 e. The van der Waals surface area contributed by atoms with Crippen LogP contribution in [0, 0.1) is 5.82 Å². The molecule has 0 aliphatic heterocycles. The predicted molar refractivity (Wildman–Crippen MR) is 130 cm³/mol. The van der Waals surface area contributed by atoms with Gasteiger partial charge >= 0.3 is 0 Å². The molecule has 1 atom stereocenters. The zero-order valence-electron chi connectivity index (χ0n) is 18.9. The summed E-state index contributed by atoms with van der Waals surface area (Å²) in [5.74, 6) is -0.212. The molecule has 0 saturated heterocycles. The third kappa shape index (κ3) is 6.98. The molecular weight excluding hydrogens is 445 g/mol. The molecule has 4 aromatic rings. The highest BCUT2D eigenvalue weighted by atomic mass is 19.1. The van der Waals surface area contributed by atoms with E-state index >= 15 is 0 Å². The van der Waals surface area contributed by atoms with E-state index in [2.05, 4.69) is 15.6 Å². The summed E-state index contributed by atoms with van der Waals surface area (Å²) < 4.78 is 18.8. The highest BCUT2D eigenvalue weighted by Crippen LogP contribution is 2.20. The maximum Gasteiger partial charge on any atom is 0.251 e. The number of pyridine rings is 1. The van der Waals surface area contributed by atoms with Gasteiger partial charge in [-0.2, -0.15) is 0 Å². The maximum atomic E-state index is 13.1. The van der Waals surface area contributed by atoms with Crippen molar-refractivity contribution < 1.29 is 18.7 Å². The molecule has 1 aromatic heterocycles. The van der Waals surface area contributed by atoms with Crippen LogP contribution in [0.25, 0.3) is 0 Å². The number of halogens is 1. The normalized spacial score (nSPS) is 11.3. The van der Waals surface area contributed by atoms with Crippen LogP contribution in [-0.2, 0) is 17.8 Å². The molecular formula is C28H24FN3O3. The topological polar surface area (TPSA) is 80.3 Å². The third-order valence-electron chi connectivity index (χ3n) is 5.24. The number of ether oxygens (including phenoxy) is 1. The number of hydrogen-bond acceptors (Lipinski definition) is 4. The maximum absolute atomic E-state index is 13.1. The summed E-state index contributed by atoms with van der Waals surface area (Å²) in [4.78, 5) is 30.0. The van der Waals surface area contributed by atoms with Crippen LogP contribution in [0.15, 0.2) is 103 Å². The Balaban J connectivity index is 1.42. The molecule has 1 unspecified atom stereocenters. The lowest BCUT2D eigenvalue weighted by molar-refractivity contribution is -0.123. The quantitative estimate of drug-likeness (QED) is 0.373. The van der Waals surface area contributed by atoms with E-state index in [0.717, 1.165) is 11.1 Å². The number of carbonyl (C=O) groups is 2. The van der Waals surface area contributed by atoms with Crippen molar-refractivity contribution in [2.75, 3.05) is 0 Å². The van der Waals surface area contributed by atoms with Crippen molar-refractivity contribution in [2.45, 2.75) is 19.0 Å².